The lowest BCUT2D eigenvalue weighted by atomic mass is 10.1. The van der Waals surface area contributed by atoms with Crippen LogP contribution in [0.3, 0.4) is 0 Å². The van der Waals surface area contributed by atoms with Gasteiger partial charge in [0.2, 0.25) is 5.91 Å². The standard InChI is InChI=1S/C15H22N2O2/c1-4-16-15(18)10(2)17-14-8-6-11-5-7-12(19-3)9-13(11)14/h5,7,9-10,14,17H,4,6,8H2,1-3H3,(H,16,18). The van der Waals surface area contributed by atoms with E-state index in [4.69, 9.17) is 4.74 Å². The normalized spacial score (nSPS) is 18.8. The second kappa shape index (κ2) is 6.06. The van der Waals surface area contributed by atoms with Gasteiger partial charge in [-0.2, -0.15) is 0 Å². The van der Waals surface area contributed by atoms with Crippen LogP contribution in [0.2, 0.25) is 0 Å². The van der Waals surface area contributed by atoms with E-state index >= 15 is 0 Å². The van der Waals surface area contributed by atoms with Crippen molar-refractivity contribution in [1.29, 1.82) is 0 Å². The van der Waals surface area contributed by atoms with Gasteiger partial charge in [0.05, 0.1) is 13.2 Å². The molecule has 0 bridgehead atoms. The van der Waals surface area contributed by atoms with Gasteiger partial charge in [-0.3, -0.25) is 10.1 Å². The number of nitrogens with one attached hydrogen (secondary N) is 2. The summed E-state index contributed by atoms with van der Waals surface area (Å²) >= 11 is 0. The Morgan fingerprint density at radius 2 is 2.32 bits per heavy atom. The molecule has 2 atom stereocenters. The zero-order valence-corrected chi connectivity index (χ0v) is 11.8. The highest BCUT2D eigenvalue weighted by atomic mass is 16.5. The molecule has 4 heteroatoms. The van der Waals surface area contributed by atoms with E-state index in [9.17, 15) is 4.79 Å². The number of likely N-dealkylation sites (N-methyl/N-ethyl adjacent to an activating group) is 1. The Morgan fingerprint density at radius 1 is 1.53 bits per heavy atom. The summed E-state index contributed by atoms with van der Waals surface area (Å²) < 4.78 is 5.27. The number of ether oxygens (including phenoxy) is 1. The Hall–Kier alpha value is -1.55. The van der Waals surface area contributed by atoms with Crippen molar-refractivity contribution in [1.82, 2.24) is 10.6 Å². The molecular weight excluding hydrogens is 240 g/mol. The van der Waals surface area contributed by atoms with Crippen molar-refractivity contribution in [2.75, 3.05) is 13.7 Å². The predicted octanol–water partition coefficient (Wildman–Crippen LogP) is 1.80. The monoisotopic (exact) mass is 262 g/mol. The van der Waals surface area contributed by atoms with Gasteiger partial charge in [-0.1, -0.05) is 6.07 Å². The van der Waals surface area contributed by atoms with Crippen molar-refractivity contribution in [2.45, 2.75) is 38.8 Å². The zero-order valence-electron chi connectivity index (χ0n) is 11.8. The van der Waals surface area contributed by atoms with Crippen molar-refractivity contribution in [2.24, 2.45) is 0 Å². The molecule has 1 aliphatic rings. The Morgan fingerprint density at radius 3 is 3.00 bits per heavy atom. The van der Waals surface area contributed by atoms with Gasteiger partial charge in [0.25, 0.3) is 0 Å². The smallest absolute Gasteiger partial charge is 0.236 e. The molecule has 1 amide bonds. The molecule has 0 fully saturated rings. The third-order valence-electron chi connectivity index (χ3n) is 3.63. The van der Waals surface area contributed by atoms with Crippen LogP contribution in [0.5, 0.6) is 5.75 Å². The largest absolute Gasteiger partial charge is 0.497 e. The maximum Gasteiger partial charge on any atom is 0.236 e. The number of fused-ring (bicyclic) bond motifs is 1. The molecule has 2 N–H and O–H groups in total. The summed E-state index contributed by atoms with van der Waals surface area (Å²) in [6, 6.07) is 6.25. The molecular formula is C15H22N2O2. The van der Waals surface area contributed by atoms with Gasteiger partial charge in [0, 0.05) is 12.6 Å². The number of amides is 1. The first-order valence-electron chi connectivity index (χ1n) is 6.86. The third kappa shape index (κ3) is 3.07. The summed E-state index contributed by atoms with van der Waals surface area (Å²) in [6.07, 6.45) is 2.09. The quantitative estimate of drug-likeness (QED) is 0.850. The van der Waals surface area contributed by atoms with E-state index in [1.807, 2.05) is 19.9 Å². The number of hydrogen-bond acceptors (Lipinski definition) is 3. The molecule has 4 nitrogen and oxygen atoms in total. The molecule has 2 rings (SSSR count). The first kappa shape index (κ1) is 13.9. The molecule has 1 aromatic carbocycles. The van der Waals surface area contributed by atoms with Crippen molar-refractivity contribution in [3.63, 3.8) is 0 Å². The lowest BCUT2D eigenvalue weighted by molar-refractivity contribution is -0.122. The van der Waals surface area contributed by atoms with E-state index in [0.717, 1.165) is 18.6 Å². The third-order valence-corrected chi connectivity index (χ3v) is 3.63. The minimum atomic E-state index is -0.179. The van der Waals surface area contributed by atoms with Crippen molar-refractivity contribution in [3.8, 4) is 5.75 Å². The number of hydrogen-bond donors (Lipinski definition) is 2. The number of rotatable bonds is 5. The van der Waals surface area contributed by atoms with Gasteiger partial charge in [-0.05, 0) is 49.9 Å². The molecule has 19 heavy (non-hydrogen) atoms. The first-order valence-corrected chi connectivity index (χ1v) is 6.86. The van der Waals surface area contributed by atoms with Crippen LogP contribution < -0.4 is 15.4 Å². The van der Waals surface area contributed by atoms with E-state index in [1.54, 1.807) is 7.11 Å². The fourth-order valence-electron chi connectivity index (χ4n) is 2.59. The Labute approximate surface area is 114 Å². The molecule has 0 aromatic heterocycles. The van der Waals surface area contributed by atoms with Crippen LogP contribution in [-0.4, -0.2) is 25.6 Å². The molecule has 1 aliphatic carbocycles. The minimum Gasteiger partial charge on any atom is -0.497 e. The summed E-state index contributed by atoms with van der Waals surface area (Å²) in [4.78, 5) is 11.8. The van der Waals surface area contributed by atoms with Crippen LogP contribution in [0.1, 0.15) is 37.4 Å². The molecule has 104 valence electrons. The summed E-state index contributed by atoms with van der Waals surface area (Å²) in [5.74, 6) is 0.928. The second-order valence-corrected chi connectivity index (χ2v) is 4.94. The fraction of sp³-hybridized carbons (Fsp3) is 0.533. The van der Waals surface area contributed by atoms with Crippen molar-refractivity contribution in [3.05, 3.63) is 29.3 Å². The zero-order chi connectivity index (χ0) is 13.8. The van der Waals surface area contributed by atoms with Crippen LogP contribution in [-0.2, 0) is 11.2 Å². The topological polar surface area (TPSA) is 50.4 Å². The van der Waals surface area contributed by atoms with E-state index in [-0.39, 0.29) is 18.0 Å². The fourth-order valence-corrected chi connectivity index (χ4v) is 2.59. The van der Waals surface area contributed by atoms with Gasteiger partial charge in [-0.15, -0.1) is 0 Å². The maximum atomic E-state index is 11.8. The SMILES string of the molecule is CCNC(=O)C(C)NC1CCc2ccc(OC)cc21. The summed E-state index contributed by atoms with van der Waals surface area (Å²) in [5, 5.41) is 6.24. The molecule has 0 aliphatic heterocycles. The number of carbonyl (C=O) groups excluding carboxylic acids is 1. The molecule has 0 radical (unpaired) electrons. The predicted molar refractivity (Wildman–Crippen MR) is 75.3 cm³/mol. The minimum absolute atomic E-state index is 0.0545. The molecule has 0 spiro atoms. The number of aryl methyl sites for hydroxylation is 1. The Kier molecular flexibility index (Phi) is 4.43. The Bertz CT molecular complexity index is 459. The highest BCUT2D eigenvalue weighted by Crippen LogP contribution is 2.33. The second-order valence-electron chi connectivity index (χ2n) is 4.94. The van der Waals surface area contributed by atoms with Gasteiger partial charge in [0.15, 0.2) is 0 Å². The molecule has 0 saturated carbocycles. The highest BCUT2D eigenvalue weighted by molar-refractivity contribution is 5.81. The van der Waals surface area contributed by atoms with Gasteiger partial charge in [-0.25, -0.2) is 0 Å². The average Bonchev–Trinajstić information content (AvgIpc) is 2.81. The van der Waals surface area contributed by atoms with Crippen LogP contribution in [0.15, 0.2) is 18.2 Å². The summed E-state index contributed by atoms with van der Waals surface area (Å²) in [7, 11) is 1.68. The van der Waals surface area contributed by atoms with E-state index < -0.39 is 0 Å². The summed E-state index contributed by atoms with van der Waals surface area (Å²) in [5.41, 5.74) is 2.61. The first-order chi connectivity index (χ1) is 9.15. The molecule has 1 aromatic rings. The number of carbonyl (C=O) groups is 1. The van der Waals surface area contributed by atoms with Crippen molar-refractivity contribution >= 4 is 5.91 Å². The van der Waals surface area contributed by atoms with Crippen LogP contribution in [0.25, 0.3) is 0 Å². The van der Waals surface area contributed by atoms with Crippen LogP contribution in [0.4, 0.5) is 0 Å². The van der Waals surface area contributed by atoms with E-state index in [2.05, 4.69) is 22.8 Å². The number of benzene rings is 1. The maximum absolute atomic E-state index is 11.8. The van der Waals surface area contributed by atoms with Gasteiger partial charge >= 0.3 is 0 Å². The molecule has 2 unspecified atom stereocenters. The lowest BCUT2D eigenvalue weighted by Crippen LogP contribution is -2.43. The van der Waals surface area contributed by atoms with Crippen LogP contribution in [0, 0.1) is 0 Å². The van der Waals surface area contributed by atoms with Gasteiger partial charge < -0.3 is 10.1 Å². The molecule has 0 heterocycles. The summed E-state index contributed by atoms with van der Waals surface area (Å²) in [6.45, 7) is 4.50. The highest BCUT2D eigenvalue weighted by Gasteiger charge is 2.25. The molecule has 0 saturated heterocycles. The lowest BCUT2D eigenvalue weighted by Gasteiger charge is -2.20. The van der Waals surface area contributed by atoms with Crippen molar-refractivity contribution < 1.29 is 9.53 Å². The average molecular weight is 262 g/mol. The Balaban J connectivity index is 2.07. The van der Waals surface area contributed by atoms with Gasteiger partial charge in [0.1, 0.15) is 5.75 Å². The van der Waals surface area contributed by atoms with Crippen LogP contribution >= 0.6 is 0 Å². The van der Waals surface area contributed by atoms with E-state index in [0.29, 0.717) is 6.54 Å². The number of methoxy groups -OCH3 is 1. The van der Waals surface area contributed by atoms with E-state index in [1.165, 1.54) is 11.1 Å².